The third-order valence-electron chi connectivity index (χ3n) is 5.06. The highest BCUT2D eigenvalue weighted by Crippen LogP contribution is 2.20. The van der Waals surface area contributed by atoms with Crippen molar-refractivity contribution in [1.82, 2.24) is 14.2 Å². The first-order valence-electron chi connectivity index (χ1n) is 9.87. The molecule has 0 bridgehead atoms. The second-order valence-electron chi connectivity index (χ2n) is 7.39. The van der Waals surface area contributed by atoms with Gasteiger partial charge >= 0.3 is 0 Å². The first-order valence-corrected chi connectivity index (χ1v) is 11.7. The van der Waals surface area contributed by atoms with E-state index in [-0.39, 0.29) is 27.2 Å². The summed E-state index contributed by atoms with van der Waals surface area (Å²) in [7, 11) is -2.81. The van der Waals surface area contributed by atoms with Crippen LogP contribution in [0.25, 0.3) is 0 Å². The van der Waals surface area contributed by atoms with E-state index < -0.39 is 28.3 Å². The summed E-state index contributed by atoms with van der Waals surface area (Å²) in [6, 6.07) is 5.01. The number of benzene rings is 1. The molecule has 1 aliphatic rings. The van der Waals surface area contributed by atoms with Crippen LogP contribution in [0.2, 0.25) is 5.02 Å². The summed E-state index contributed by atoms with van der Waals surface area (Å²) in [5.74, 6) is -1.70. The number of halogens is 2. The number of amides is 2. The first-order chi connectivity index (χ1) is 14.7. The van der Waals surface area contributed by atoms with Gasteiger partial charge in [0.15, 0.2) is 0 Å². The zero-order chi connectivity index (χ0) is 22.6. The van der Waals surface area contributed by atoms with Crippen LogP contribution >= 0.6 is 11.6 Å². The Balaban J connectivity index is 1.66. The fourth-order valence-electron chi connectivity index (χ4n) is 3.34. The standard InChI is InChI=1S/C20H24ClFN4O4S/c1-25(13-19(27)24-17-7-6-14(21)10-16(17)22)31(29,30)15-11-18(23-12-15)20(28)26-8-4-2-3-5-9-26/h6-7,10-12,23H,2-5,8-9,13H2,1H3,(H,24,27). The van der Waals surface area contributed by atoms with Gasteiger partial charge in [-0.3, -0.25) is 9.59 Å². The minimum absolute atomic E-state index is 0.104. The van der Waals surface area contributed by atoms with Gasteiger partial charge in [0.2, 0.25) is 15.9 Å². The smallest absolute Gasteiger partial charge is 0.270 e. The first kappa shape index (κ1) is 23.2. The minimum Gasteiger partial charge on any atom is -0.356 e. The van der Waals surface area contributed by atoms with Gasteiger partial charge < -0.3 is 15.2 Å². The van der Waals surface area contributed by atoms with Gasteiger partial charge in [-0.2, -0.15) is 4.31 Å². The second-order valence-corrected chi connectivity index (χ2v) is 9.87. The molecule has 2 aromatic rings. The van der Waals surface area contributed by atoms with Gasteiger partial charge in [0.25, 0.3) is 5.91 Å². The lowest BCUT2D eigenvalue weighted by molar-refractivity contribution is -0.116. The number of hydrogen-bond acceptors (Lipinski definition) is 4. The average Bonchev–Trinajstić information content (AvgIpc) is 3.06. The fourth-order valence-corrected chi connectivity index (χ4v) is 4.62. The van der Waals surface area contributed by atoms with Crippen LogP contribution in [-0.4, -0.2) is 61.1 Å². The van der Waals surface area contributed by atoms with Gasteiger partial charge in [-0.15, -0.1) is 0 Å². The molecule has 1 saturated heterocycles. The van der Waals surface area contributed by atoms with Gasteiger partial charge in [0.1, 0.15) is 16.4 Å². The van der Waals surface area contributed by atoms with Gasteiger partial charge in [-0.25, -0.2) is 12.8 Å². The number of nitrogens with one attached hydrogen (secondary N) is 2. The van der Waals surface area contributed by atoms with E-state index in [1.165, 1.54) is 31.4 Å². The Labute approximate surface area is 185 Å². The van der Waals surface area contributed by atoms with Crippen LogP contribution in [0.5, 0.6) is 0 Å². The number of hydrogen-bond donors (Lipinski definition) is 2. The van der Waals surface area contributed by atoms with E-state index in [9.17, 15) is 22.4 Å². The predicted octanol–water partition coefficient (Wildman–Crippen LogP) is 3.08. The van der Waals surface area contributed by atoms with Crippen LogP contribution < -0.4 is 5.32 Å². The molecule has 2 N–H and O–H groups in total. The summed E-state index contributed by atoms with van der Waals surface area (Å²) >= 11 is 5.68. The van der Waals surface area contributed by atoms with Crippen LogP contribution in [0.3, 0.4) is 0 Å². The zero-order valence-corrected chi connectivity index (χ0v) is 18.6. The molecule has 31 heavy (non-hydrogen) atoms. The minimum atomic E-state index is -4.04. The number of aromatic nitrogens is 1. The quantitative estimate of drug-likeness (QED) is 0.677. The normalized spacial score (nSPS) is 15.0. The van der Waals surface area contributed by atoms with Crippen molar-refractivity contribution in [3.8, 4) is 0 Å². The van der Waals surface area contributed by atoms with Gasteiger partial charge in [-0.05, 0) is 37.1 Å². The van der Waals surface area contributed by atoms with Crippen LogP contribution in [0.4, 0.5) is 10.1 Å². The summed E-state index contributed by atoms with van der Waals surface area (Å²) in [6.07, 6.45) is 5.21. The van der Waals surface area contributed by atoms with Crippen molar-refractivity contribution in [2.24, 2.45) is 0 Å². The SMILES string of the molecule is CN(CC(=O)Nc1ccc(Cl)cc1F)S(=O)(=O)c1c[nH]c(C(=O)N2CCCCCC2)c1. The molecule has 8 nitrogen and oxygen atoms in total. The number of H-pyrrole nitrogens is 1. The molecule has 0 unspecified atom stereocenters. The summed E-state index contributed by atoms with van der Waals surface area (Å²) in [5, 5.41) is 2.49. The van der Waals surface area contributed by atoms with E-state index in [2.05, 4.69) is 10.3 Å². The molecule has 168 valence electrons. The van der Waals surface area contributed by atoms with Crippen molar-refractivity contribution in [3.63, 3.8) is 0 Å². The van der Waals surface area contributed by atoms with Gasteiger partial charge in [-0.1, -0.05) is 24.4 Å². The highest BCUT2D eigenvalue weighted by molar-refractivity contribution is 7.89. The molecule has 0 radical (unpaired) electrons. The van der Waals surface area contributed by atoms with Gasteiger partial charge in [0.05, 0.1) is 12.2 Å². The molecule has 0 atom stereocenters. The van der Waals surface area contributed by atoms with Crippen LogP contribution in [-0.2, 0) is 14.8 Å². The number of carbonyl (C=O) groups is 2. The van der Waals surface area contributed by atoms with Crippen LogP contribution in [0.15, 0.2) is 35.4 Å². The fraction of sp³-hybridized carbons (Fsp3) is 0.400. The highest BCUT2D eigenvalue weighted by atomic mass is 35.5. The number of nitrogens with zero attached hydrogens (tertiary/aromatic N) is 2. The van der Waals surface area contributed by atoms with Crippen LogP contribution in [0.1, 0.15) is 36.2 Å². The molecule has 1 fully saturated rings. The van der Waals surface area contributed by atoms with Crippen molar-refractivity contribution in [1.29, 1.82) is 0 Å². The number of sulfonamides is 1. The van der Waals surface area contributed by atoms with Crippen molar-refractivity contribution in [3.05, 3.63) is 47.0 Å². The van der Waals surface area contributed by atoms with E-state index in [1.807, 2.05) is 0 Å². The Bertz CT molecular complexity index is 1060. The van der Waals surface area contributed by atoms with E-state index >= 15 is 0 Å². The molecule has 11 heteroatoms. The number of anilines is 1. The van der Waals surface area contributed by atoms with E-state index in [0.29, 0.717) is 13.1 Å². The number of rotatable bonds is 6. The summed E-state index contributed by atoms with van der Waals surface area (Å²) in [4.78, 5) is 29.2. The Kier molecular flexibility index (Phi) is 7.34. The topological polar surface area (TPSA) is 103 Å². The molecule has 0 aliphatic carbocycles. The molecule has 3 rings (SSSR count). The number of likely N-dealkylation sites (N-methyl/N-ethyl adjacent to an activating group) is 1. The molecule has 1 aromatic carbocycles. The third-order valence-corrected chi connectivity index (χ3v) is 7.08. The summed E-state index contributed by atoms with van der Waals surface area (Å²) < 4.78 is 40.3. The van der Waals surface area contributed by atoms with E-state index in [4.69, 9.17) is 11.6 Å². The molecule has 0 spiro atoms. The largest absolute Gasteiger partial charge is 0.356 e. The maximum atomic E-state index is 13.8. The maximum absolute atomic E-state index is 13.8. The molecule has 1 aliphatic heterocycles. The molecule has 1 aromatic heterocycles. The lowest BCUT2D eigenvalue weighted by Crippen LogP contribution is -2.35. The van der Waals surface area contributed by atoms with E-state index in [1.54, 1.807) is 4.90 Å². The van der Waals surface area contributed by atoms with Crippen molar-refractivity contribution < 1.29 is 22.4 Å². The van der Waals surface area contributed by atoms with E-state index in [0.717, 1.165) is 36.1 Å². The van der Waals surface area contributed by atoms with Gasteiger partial charge in [0, 0.05) is 31.4 Å². The molecule has 2 heterocycles. The maximum Gasteiger partial charge on any atom is 0.270 e. The average molecular weight is 471 g/mol. The predicted molar refractivity (Wildman–Crippen MR) is 115 cm³/mol. The summed E-state index contributed by atoms with van der Waals surface area (Å²) in [5.41, 5.74) is 0.0775. The van der Waals surface area contributed by atoms with Crippen molar-refractivity contribution in [2.75, 3.05) is 32.0 Å². The highest BCUT2D eigenvalue weighted by Gasteiger charge is 2.27. The Hall–Kier alpha value is -2.43. The zero-order valence-electron chi connectivity index (χ0n) is 17.0. The monoisotopic (exact) mass is 470 g/mol. The number of carbonyl (C=O) groups excluding carboxylic acids is 2. The second kappa shape index (κ2) is 9.80. The molecular weight excluding hydrogens is 447 g/mol. The Morgan fingerprint density at radius 3 is 2.52 bits per heavy atom. The molecular formula is C20H24ClFN4O4S. The molecule has 2 amide bonds. The Morgan fingerprint density at radius 2 is 1.87 bits per heavy atom. The number of likely N-dealkylation sites (tertiary alicyclic amines) is 1. The third kappa shape index (κ3) is 5.63. The van der Waals surface area contributed by atoms with Crippen molar-refractivity contribution in [2.45, 2.75) is 30.6 Å². The number of aromatic amines is 1. The lowest BCUT2D eigenvalue weighted by atomic mass is 10.2. The van der Waals surface area contributed by atoms with Crippen LogP contribution in [0, 0.1) is 5.82 Å². The van der Waals surface area contributed by atoms with Crippen molar-refractivity contribution >= 4 is 39.1 Å². The lowest BCUT2D eigenvalue weighted by Gasteiger charge is -2.19. The summed E-state index contributed by atoms with van der Waals surface area (Å²) in [6.45, 7) is 0.744. The Morgan fingerprint density at radius 1 is 1.19 bits per heavy atom. The molecule has 0 saturated carbocycles.